The summed E-state index contributed by atoms with van der Waals surface area (Å²) in [4.78, 5) is 42.9. The van der Waals surface area contributed by atoms with Crippen LogP contribution in [-0.2, 0) is 4.74 Å². The number of amides is 1. The fraction of sp³-hybridized carbons (Fsp3) is 0.381. The number of ketones is 1. The van der Waals surface area contributed by atoms with Crippen molar-refractivity contribution in [1.82, 2.24) is 9.88 Å². The van der Waals surface area contributed by atoms with Crippen molar-refractivity contribution >= 4 is 29.3 Å². The van der Waals surface area contributed by atoms with Gasteiger partial charge in [-0.1, -0.05) is 11.6 Å². The van der Waals surface area contributed by atoms with Gasteiger partial charge in [0.25, 0.3) is 5.91 Å². The molecule has 1 aromatic heterocycles. The molecule has 0 aliphatic heterocycles. The van der Waals surface area contributed by atoms with E-state index in [1.165, 1.54) is 7.11 Å². The predicted molar refractivity (Wildman–Crippen MR) is 106 cm³/mol. The first-order valence-electron chi connectivity index (χ1n) is 9.16. The van der Waals surface area contributed by atoms with Crippen LogP contribution in [0.25, 0.3) is 0 Å². The van der Waals surface area contributed by atoms with E-state index in [1.54, 1.807) is 49.9 Å². The maximum absolute atomic E-state index is 13.3. The van der Waals surface area contributed by atoms with E-state index < -0.39 is 12.0 Å². The number of aromatic amines is 1. The van der Waals surface area contributed by atoms with Gasteiger partial charge in [-0.2, -0.15) is 0 Å². The summed E-state index contributed by atoms with van der Waals surface area (Å²) >= 11 is 5.92. The molecule has 1 aliphatic carbocycles. The van der Waals surface area contributed by atoms with Gasteiger partial charge in [-0.25, -0.2) is 4.79 Å². The van der Waals surface area contributed by atoms with E-state index in [1.807, 2.05) is 0 Å². The summed E-state index contributed by atoms with van der Waals surface area (Å²) in [5.74, 6) is -0.918. The summed E-state index contributed by atoms with van der Waals surface area (Å²) in [5.41, 5.74) is 2.31. The fourth-order valence-electron chi connectivity index (χ4n) is 3.51. The number of aryl methyl sites for hydroxylation is 1. The zero-order valence-electron chi connectivity index (χ0n) is 16.3. The summed E-state index contributed by atoms with van der Waals surface area (Å²) in [6.07, 6.45) is 1.74. The smallest absolute Gasteiger partial charge is 0.354 e. The highest BCUT2D eigenvalue weighted by Crippen LogP contribution is 2.32. The van der Waals surface area contributed by atoms with Crippen molar-refractivity contribution in [1.29, 1.82) is 0 Å². The van der Waals surface area contributed by atoms with E-state index in [4.69, 9.17) is 16.3 Å². The Morgan fingerprint density at radius 1 is 1.18 bits per heavy atom. The van der Waals surface area contributed by atoms with Crippen LogP contribution in [0, 0.1) is 13.8 Å². The van der Waals surface area contributed by atoms with E-state index in [2.05, 4.69) is 4.98 Å². The van der Waals surface area contributed by atoms with Gasteiger partial charge >= 0.3 is 5.97 Å². The Balaban J connectivity index is 1.92. The first kappa shape index (κ1) is 20.1. The number of halogens is 1. The molecule has 1 atom stereocenters. The molecule has 0 spiro atoms. The molecule has 3 rings (SSSR count). The van der Waals surface area contributed by atoms with Gasteiger partial charge < -0.3 is 14.6 Å². The maximum Gasteiger partial charge on any atom is 0.354 e. The minimum atomic E-state index is -0.658. The number of rotatable bonds is 6. The molecule has 1 aromatic carbocycles. The standard InChI is InChI=1S/C21H23ClN2O4/c1-11-17(12(2)23-18(11)21(27)28-4)19(25)13(3)24(16-9-10-16)20(26)14-5-7-15(22)8-6-14/h5-8,13,16,23H,9-10H2,1-4H3/t13-/m0/s1. The lowest BCUT2D eigenvalue weighted by molar-refractivity contribution is 0.0591. The third kappa shape index (κ3) is 3.69. The Morgan fingerprint density at radius 2 is 1.79 bits per heavy atom. The van der Waals surface area contributed by atoms with Crippen LogP contribution in [0.3, 0.4) is 0 Å². The van der Waals surface area contributed by atoms with Crippen LogP contribution in [0.4, 0.5) is 0 Å². The second kappa shape index (κ2) is 7.80. The van der Waals surface area contributed by atoms with Crippen LogP contribution in [0.5, 0.6) is 0 Å². The molecule has 0 bridgehead atoms. The number of carbonyl (C=O) groups excluding carboxylic acids is 3. The SMILES string of the molecule is COC(=O)c1[nH]c(C)c(C(=O)[C@H](C)N(C(=O)c2ccc(Cl)cc2)C2CC2)c1C. The van der Waals surface area contributed by atoms with Crippen molar-refractivity contribution in [2.24, 2.45) is 0 Å². The largest absolute Gasteiger partial charge is 0.464 e. The molecule has 0 unspecified atom stereocenters. The number of benzene rings is 1. The molecule has 1 fully saturated rings. The van der Waals surface area contributed by atoms with Crippen LogP contribution in [0.2, 0.25) is 5.02 Å². The Labute approximate surface area is 168 Å². The van der Waals surface area contributed by atoms with Crippen molar-refractivity contribution in [3.05, 3.63) is 57.4 Å². The van der Waals surface area contributed by atoms with Gasteiger partial charge in [0.2, 0.25) is 0 Å². The molecule has 1 amide bonds. The van der Waals surface area contributed by atoms with Gasteiger partial charge in [0, 0.05) is 27.9 Å². The molecular formula is C21H23ClN2O4. The van der Waals surface area contributed by atoms with Gasteiger partial charge in [0.1, 0.15) is 5.69 Å². The quantitative estimate of drug-likeness (QED) is 0.586. The second-order valence-electron chi connectivity index (χ2n) is 7.11. The fourth-order valence-corrected chi connectivity index (χ4v) is 3.64. The summed E-state index contributed by atoms with van der Waals surface area (Å²) in [6, 6.07) is 6.04. The zero-order chi connectivity index (χ0) is 20.6. The van der Waals surface area contributed by atoms with Gasteiger partial charge in [-0.3, -0.25) is 9.59 Å². The lowest BCUT2D eigenvalue weighted by Gasteiger charge is -2.29. The Hall–Kier alpha value is -2.60. The van der Waals surface area contributed by atoms with E-state index in [9.17, 15) is 14.4 Å². The van der Waals surface area contributed by atoms with Crippen molar-refractivity contribution < 1.29 is 19.1 Å². The molecule has 148 valence electrons. The van der Waals surface area contributed by atoms with Gasteiger partial charge in [0.15, 0.2) is 5.78 Å². The summed E-state index contributed by atoms with van der Waals surface area (Å²) in [6.45, 7) is 5.18. The number of ether oxygens (including phenoxy) is 1. The molecule has 2 aromatic rings. The second-order valence-corrected chi connectivity index (χ2v) is 7.54. The summed E-state index contributed by atoms with van der Waals surface area (Å²) in [5, 5.41) is 0.549. The van der Waals surface area contributed by atoms with Crippen molar-refractivity contribution in [2.45, 2.75) is 45.7 Å². The maximum atomic E-state index is 13.3. The number of methoxy groups -OCH3 is 1. The first-order valence-corrected chi connectivity index (χ1v) is 9.54. The highest BCUT2D eigenvalue weighted by atomic mass is 35.5. The van der Waals surface area contributed by atoms with Crippen LogP contribution < -0.4 is 0 Å². The highest BCUT2D eigenvalue weighted by molar-refractivity contribution is 6.30. The topological polar surface area (TPSA) is 79.5 Å². The minimum absolute atomic E-state index is 0.0433. The van der Waals surface area contributed by atoms with Gasteiger partial charge in [0.05, 0.1) is 13.2 Å². The van der Waals surface area contributed by atoms with Crippen molar-refractivity contribution in [3.63, 3.8) is 0 Å². The van der Waals surface area contributed by atoms with E-state index in [0.717, 1.165) is 12.8 Å². The number of H-pyrrole nitrogens is 1. The molecule has 6 nitrogen and oxygen atoms in total. The Kier molecular flexibility index (Phi) is 5.61. The van der Waals surface area contributed by atoms with Crippen LogP contribution in [0.15, 0.2) is 24.3 Å². The van der Waals surface area contributed by atoms with Crippen LogP contribution in [-0.4, -0.2) is 46.7 Å². The van der Waals surface area contributed by atoms with Gasteiger partial charge in [-0.15, -0.1) is 0 Å². The lowest BCUT2D eigenvalue weighted by Crippen LogP contribution is -2.45. The predicted octanol–water partition coefficient (Wildman–Crippen LogP) is 3.95. The Morgan fingerprint density at radius 3 is 2.32 bits per heavy atom. The lowest BCUT2D eigenvalue weighted by atomic mass is 9.99. The number of carbonyl (C=O) groups is 3. The number of aromatic nitrogens is 1. The third-order valence-corrected chi connectivity index (χ3v) is 5.39. The van der Waals surface area contributed by atoms with Gasteiger partial charge in [-0.05, 0) is 63.4 Å². The van der Waals surface area contributed by atoms with E-state index in [-0.39, 0.29) is 23.4 Å². The van der Waals surface area contributed by atoms with Crippen LogP contribution >= 0.6 is 11.6 Å². The van der Waals surface area contributed by atoms with E-state index >= 15 is 0 Å². The number of nitrogens with one attached hydrogen (secondary N) is 1. The number of Topliss-reactive ketones (excluding diaryl/α,β-unsaturated/α-hetero) is 1. The number of esters is 1. The van der Waals surface area contributed by atoms with E-state index in [0.29, 0.717) is 27.4 Å². The molecule has 0 radical (unpaired) electrons. The molecule has 0 saturated heterocycles. The first-order chi connectivity index (χ1) is 13.3. The summed E-state index contributed by atoms with van der Waals surface area (Å²) in [7, 11) is 1.29. The summed E-state index contributed by atoms with van der Waals surface area (Å²) < 4.78 is 4.77. The Bertz CT molecular complexity index is 929. The number of hydrogen-bond acceptors (Lipinski definition) is 4. The number of hydrogen-bond donors (Lipinski definition) is 1. The molecule has 1 N–H and O–H groups in total. The molecule has 1 saturated carbocycles. The zero-order valence-corrected chi connectivity index (χ0v) is 17.1. The normalized spacial score (nSPS) is 14.5. The number of nitrogens with zero attached hydrogens (tertiary/aromatic N) is 1. The van der Waals surface area contributed by atoms with Crippen LogP contribution in [0.1, 0.15) is 62.2 Å². The average molecular weight is 403 g/mol. The van der Waals surface area contributed by atoms with Crippen molar-refractivity contribution in [3.8, 4) is 0 Å². The molecule has 7 heteroatoms. The average Bonchev–Trinajstić information content (AvgIpc) is 3.46. The minimum Gasteiger partial charge on any atom is -0.464 e. The van der Waals surface area contributed by atoms with Crippen molar-refractivity contribution in [2.75, 3.05) is 7.11 Å². The molecular weight excluding hydrogens is 380 g/mol. The molecule has 28 heavy (non-hydrogen) atoms. The molecule has 1 heterocycles. The highest BCUT2D eigenvalue weighted by Gasteiger charge is 2.40. The molecule has 1 aliphatic rings. The monoisotopic (exact) mass is 402 g/mol. The third-order valence-electron chi connectivity index (χ3n) is 5.14.